The second-order valence-electron chi connectivity index (χ2n) is 4.82. The van der Waals surface area contributed by atoms with E-state index in [4.69, 9.17) is 4.74 Å². The van der Waals surface area contributed by atoms with E-state index in [0.717, 1.165) is 6.42 Å². The van der Waals surface area contributed by atoms with Crippen LogP contribution in [0.5, 0.6) is 0 Å². The molecule has 3 rings (SSSR count). The van der Waals surface area contributed by atoms with Crippen LogP contribution < -0.4 is 0 Å². The summed E-state index contributed by atoms with van der Waals surface area (Å²) >= 11 is 0. The van der Waals surface area contributed by atoms with E-state index in [1.165, 1.54) is 7.11 Å². The monoisotopic (exact) mass is 192 g/mol. The van der Waals surface area contributed by atoms with E-state index < -0.39 is 0 Å². The highest BCUT2D eigenvalue weighted by atomic mass is 16.5. The number of hydrogen-bond acceptors (Lipinski definition) is 2. The normalized spacial score (nSPS) is 44.1. The van der Waals surface area contributed by atoms with Gasteiger partial charge in [0, 0.05) is 10.8 Å². The first kappa shape index (κ1) is 9.50. The Hall–Kier alpha value is -1.05. The molecule has 0 aromatic carbocycles. The Morgan fingerprint density at radius 1 is 1.29 bits per heavy atom. The molecule has 0 saturated heterocycles. The highest BCUT2D eigenvalue weighted by molar-refractivity contribution is 5.75. The van der Waals surface area contributed by atoms with Crippen molar-refractivity contribution >= 4 is 5.97 Å². The predicted molar refractivity (Wildman–Crippen MR) is 54.6 cm³/mol. The lowest BCUT2D eigenvalue weighted by atomic mass is 9.59. The molecule has 3 aliphatic carbocycles. The van der Waals surface area contributed by atoms with Gasteiger partial charge in [-0.1, -0.05) is 38.2 Å². The highest BCUT2D eigenvalue weighted by Crippen LogP contribution is 2.50. The van der Waals surface area contributed by atoms with Crippen molar-refractivity contribution in [2.75, 3.05) is 7.11 Å². The smallest absolute Gasteiger partial charge is 0.309 e. The summed E-state index contributed by atoms with van der Waals surface area (Å²) in [5, 5.41) is 0. The molecule has 0 heterocycles. The summed E-state index contributed by atoms with van der Waals surface area (Å²) < 4.78 is 4.85. The summed E-state index contributed by atoms with van der Waals surface area (Å²) in [6, 6.07) is 0. The Morgan fingerprint density at radius 2 is 1.86 bits per heavy atom. The molecule has 0 amide bonds. The molecule has 0 aliphatic heterocycles. The van der Waals surface area contributed by atoms with E-state index >= 15 is 0 Å². The molecular formula is C12H16O2. The minimum absolute atomic E-state index is 0.0208. The van der Waals surface area contributed by atoms with Crippen molar-refractivity contribution in [1.29, 1.82) is 0 Å². The fraction of sp³-hybridized carbons (Fsp3) is 0.583. The molecule has 2 heteroatoms. The van der Waals surface area contributed by atoms with Crippen LogP contribution in [0.1, 0.15) is 20.3 Å². The van der Waals surface area contributed by atoms with Crippen LogP contribution in [0.2, 0.25) is 0 Å². The Labute approximate surface area is 84.6 Å². The zero-order chi connectivity index (χ0) is 10.4. The van der Waals surface area contributed by atoms with Crippen LogP contribution in [-0.2, 0) is 9.53 Å². The van der Waals surface area contributed by atoms with Gasteiger partial charge in [-0.3, -0.25) is 4.79 Å². The first-order chi connectivity index (χ1) is 6.49. The Balaban J connectivity index is 2.36. The van der Waals surface area contributed by atoms with E-state index in [9.17, 15) is 4.79 Å². The molecule has 0 N–H and O–H groups in total. The lowest BCUT2D eigenvalue weighted by molar-refractivity contribution is -0.149. The maximum Gasteiger partial charge on any atom is 0.309 e. The van der Waals surface area contributed by atoms with Gasteiger partial charge >= 0.3 is 5.97 Å². The quantitative estimate of drug-likeness (QED) is 0.471. The lowest BCUT2D eigenvalue weighted by Crippen LogP contribution is -2.41. The SMILES string of the molecule is COC(=O)C1CC2(C)C=CC1(C)C=C2. The number of methoxy groups -OCH3 is 1. The Kier molecular flexibility index (Phi) is 1.85. The molecule has 0 saturated carbocycles. The van der Waals surface area contributed by atoms with Crippen LogP contribution in [0.3, 0.4) is 0 Å². The molecule has 14 heavy (non-hydrogen) atoms. The zero-order valence-electron chi connectivity index (χ0n) is 8.91. The van der Waals surface area contributed by atoms with Crippen LogP contribution in [0.4, 0.5) is 0 Å². The van der Waals surface area contributed by atoms with Crippen molar-refractivity contribution in [2.45, 2.75) is 20.3 Å². The fourth-order valence-corrected chi connectivity index (χ4v) is 2.36. The molecule has 2 bridgehead atoms. The summed E-state index contributed by atoms with van der Waals surface area (Å²) in [6.07, 6.45) is 9.54. The van der Waals surface area contributed by atoms with E-state index in [1.54, 1.807) is 0 Å². The van der Waals surface area contributed by atoms with Crippen molar-refractivity contribution in [3.05, 3.63) is 24.3 Å². The number of ether oxygens (including phenoxy) is 1. The third-order valence-electron chi connectivity index (χ3n) is 3.53. The number of carbonyl (C=O) groups is 1. The minimum Gasteiger partial charge on any atom is -0.469 e. The molecular weight excluding hydrogens is 176 g/mol. The average molecular weight is 192 g/mol. The van der Waals surface area contributed by atoms with Crippen molar-refractivity contribution in [3.63, 3.8) is 0 Å². The number of allylic oxidation sites excluding steroid dienone is 4. The number of carbonyl (C=O) groups excluding carboxylic acids is 1. The molecule has 0 spiro atoms. The average Bonchev–Trinajstić information content (AvgIpc) is 2.19. The van der Waals surface area contributed by atoms with Crippen molar-refractivity contribution in [1.82, 2.24) is 0 Å². The van der Waals surface area contributed by atoms with Gasteiger partial charge in [0.2, 0.25) is 0 Å². The zero-order valence-corrected chi connectivity index (χ0v) is 8.91. The topological polar surface area (TPSA) is 26.3 Å². The second kappa shape index (κ2) is 2.72. The van der Waals surface area contributed by atoms with E-state index in [-0.39, 0.29) is 22.7 Å². The fourth-order valence-electron chi connectivity index (χ4n) is 2.36. The van der Waals surface area contributed by atoms with E-state index in [2.05, 4.69) is 38.2 Å². The van der Waals surface area contributed by atoms with Crippen molar-refractivity contribution in [2.24, 2.45) is 16.7 Å². The summed E-state index contributed by atoms with van der Waals surface area (Å²) in [7, 11) is 1.46. The van der Waals surface area contributed by atoms with Gasteiger partial charge in [0.05, 0.1) is 13.0 Å². The standard InChI is InChI=1S/C12H16O2/c1-11-4-6-12(2,7-5-11)9(8-11)10(13)14-3/h4-7,9H,8H2,1-3H3. The van der Waals surface area contributed by atoms with Gasteiger partial charge in [-0.05, 0) is 6.42 Å². The summed E-state index contributed by atoms with van der Waals surface area (Å²) in [5.41, 5.74) is -0.0819. The van der Waals surface area contributed by atoms with Crippen LogP contribution in [-0.4, -0.2) is 13.1 Å². The minimum atomic E-state index is -0.134. The highest BCUT2D eigenvalue weighted by Gasteiger charge is 2.46. The van der Waals surface area contributed by atoms with Gasteiger partial charge in [-0.15, -0.1) is 0 Å². The molecule has 2 nitrogen and oxygen atoms in total. The van der Waals surface area contributed by atoms with Gasteiger partial charge in [0.25, 0.3) is 0 Å². The predicted octanol–water partition coefficient (Wildman–Crippen LogP) is 2.32. The van der Waals surface area contributed by atoms with Gasteiger partial charge in [0.1, 0.15) is 0 Å². The number of rotatable bonds is 1. The van der Waals surface area contributed by atoms with Crippen LogP contribution in [0, 0.1) is 16.7 Å². The molecule has 3 aliphatic rings. The Morgan fingerprint density at radius 3 is 2.36 bits per heavy atom. The molecule has 1 atom stereocenters. The van der Waals surface area contributed by atoms with E-state index in [0.29, 0.717) is 0 Å². The maximum absolute atomic E-state index is 11.6. The van der Waals surface area contributed by atoms with Gasteiger partial charge in [-0.25, -0.2) is 0 Å². The number of hydrogen-bond donors (Lipinski definition) is 0. The third kappa shape index (κ3) is 1.21. The first-order valence-corrected chi connectivity index (χ1v) is 4.98. The van der Waals surface area contributed by atoms with Crippen molar-refractivity contribution in [3.8, 4) is 0 Å². The van der Waals surface area contributed by atoms with Crippen LogP contribution >= 0.6 is 0 Å². The van der Waals surface area contributed by atoms with Crippen molar-refractivity contribution < 1.29 is 9.53 Å². The summed E-state index contributed by atoms with van der Waals surface area (Å²) in [6.45, 7) is 4.23. The summed E-state index contributed by atoms with van der Waals surface area (Å²) in [5.74, 6) is -0.111. The maximum atomic E-state index is 11.6. The third-order valence-corrected chi connectivity index (χ3v) is 3.53. The van der Waals surface area contributed by atoms with Gasteiger partial charge in [0.15, 0.2) is 0 Å². The molecule has 0 aromatic rings. The van der Waals surface area contributed by atoms with Gasteiger partial charge in [-0.2, -0.15) is 0 Å². The number of esters is 1. The van der Waals surface area contributed by atoms with Gasteiger partial charge < -0.3 is 4.74 Å². The Bertz CT molecular complexity index is 311. The second-order valence-corrected chi connectivity index (χ2v) is 4.82. The lowest BCUT2D eigenvalue weighted by Gasteiger charge is -2.45. The van der Waals surface area contributed by atoms with Crippen LogP contribution in [0.25, 0.3) is 0 Å². The molecule has 1 unspecified atom stereocenters. The largest absolute Gasteiger partial charge is 0.469 e. The number of fused-ring (bicyclic) bond motifs is 1. The van der Waals surface area contributed by atoms with E-state index in [1.807, 2.05) is 0 Å². The summed E-state index contributed by atoms with van der Waals surface area (Å²) in [4.78, 5) is 11.6. The molecule has 0 aromatic heterocycles. The van der Waals surface area contributed by atoms with Crippen LogP contribution in [0.15, 0.2) is 24.3 Å². The molecule has 0 fully saturated rings. The molecule has 76 valence electrons. The molecule has 0 radical (unpaired) electrons. The first-order valence-electron chi connectivity index (χ1n) is 4.98.